The minimum atomic E-state index is 0. The van der Waals surface area contributed by atoms with Crippen LogP contribution in [0.5, 0.6) is 0 Å². The smallest absolute Gasteiger partial charge is 0.207 e. The molecule has 2 aromatic rings. The second-order valence-corrected chi connectivity index (χ2v) is 9.59. The third-order valence-electron chi connectivity index (χ3n) is 3.55. The van der Waals surface area contributed by atoms with Crippen molar-refractivity contribution < 1.29 is 26.2 Å². The van der Waals surface area contributed by atoms with Crippen molar-refractivity contribution in [1.82, 2.24) is 0 Å². The second-order valence-electron chi connectivity index (χ2n) is 8.43. The zero-order chi connectivity index (χ0) is 18.3. The summed E-state index contributed by atoms with van der Waals surface area (Å²) >= 11 is 0. The van der Waals surface area contributed by atoms with Crippen LogP contribution >= 0.6 is 0 Å². The molecule has 0 spiro atoms. The van der Waals surface area contributed by atoms with Crippen molar-refractivity contribution in [2.45, 2.75) is 79.3 Å². The molecule has 0 aliphatic rings. The quantitative estimate of drug-likeness (QED) is 0.335. The van der Waals surface area contributed by atoms with Crippen LogP contribution < -0.4 is 0 Å². The minimum absolute atomic E-state index is 0. The van der Waals surface area contributed by atoms with Crippen LogP contribution in [0.2, 0.25) is 13.1 Å². The van der Waals surface area contributed by atoms with Crippen LogP contribution in [-0.4, -0.2) is 9.52 Å². The maximum atomic E-state index is 2.25. The molecule has 2 heteroatoms. The Morgan fingerprint density at radius 2 is 0.958 bits per heavy atom. The van der Waals surface area contributed by atoms with Crippen molar-refractivity contribution in [2.75, 3.05) is 0 Å². The summed E-state index contributed by atoms with van der Waals surface area (Å²) < 4.78 is 0. The van der Waals surface area contributed by atoms with Crippen molar-refractivity contribution in [3.05, 3.63) is 58.7 Å². The summed E-state index contributed by atoms with van der Waals surface area (Å²) in [6, 6.07) is 13.2. The van der Waals surface area contributed by atoms with Crippen LogP contribution in [0, 0.1) is 13.8 Å². The number of aryl methyl sites for hydroxylation is 2. The molecule has 0 atom stereocenters. The van der Waals surface area contributed by atoms with Gasteiger partial charge in [0.2, 0.25) is 0 Å². The first-order chi connectivity index (χ1) is 10.4. The van der Waals surface area contributed by atoms with E-state index in [2.05, 4.69) is 105 Å². The molecule has 0 amide bonds. The summed E-state index contributed by atoms with van der Waals surface area (Å²) in [6.45, 7) is 22.1. The van der Waals surface area contributed by atoms with Gasteiger partial charge in [-0.1, -0.05) is 79.3 Å². The van der Waals surface area contributed by atoms with E-state index in [1.807, 2.05) is 0 Å². The first-order valence-electron chi connectivity index (χ1n) is 8.63. The van der Waals surface area contributed by atoms with Crippen molar-refractivity contribution in [3.8, 4) is 0 Å². The van der Waals surface area contributed by atoms with Gasteiger partial charge in [-0.25, -0.2) is 12.1 Å². The van der Waals surface area contributed by atoms with Crippen molar-refractivity contribution in [2.24, 2.45) is 0 Å². The van der Waals surface area contributed by atoms with Crippen LogP contribution in [0.1, 0.15) is 63.8 Å². The van der Waals surface area contributed by atoms with Gasteiger partial charge >= 0.3 is 26.2 Å². The summed E-state index contributed by atoms with van der Waals surface area (Å²) in [4.78, 5) is 0. The van der Waals surface area contributed by atoms with E-state index in [0.29, 0.717) is 10.8 Å². The fourth-order valence-corrected chi connectivity index (χ4v) is 2.06. The first-order valence-corrected chi connectivity index (χ1v) is 10.9. The average molecular weight is 421 g/mol. The normalized spacial score (nSPS) is 10.8. The van der Waals surface area contributed by atoms with Crippen LogP contribution in [0.3, 0.4) is 0 Å². The van der Waals surface area contributed by atoms with Crippen LogP contribution in [0.4, 0.5) is 0 Å². The van der Waals surface area contributed by atoms with Gasteiger partial charge in [-0.15, -0.1) is 0 Å². The fourth-order valence-electron chi connectivity index (χ4n) is 2.06. The van der Waals surface area contributed by atoms with E-state index in [4.69, 9.17) is 0 Å². The molecule has 1 radical (unpaired) electrons. The van der Waals surface area contributed by atoms with Gasteiger partial charge in [-0.3, -0.25) is 0 Å². The Balaban J connectivity index is 0. The molecule has 0 heterocycles. The molecule has 0 fully saturated rings. The molecule has 0 unspecified atom stereocenters. The Morgan fingerprint density at radius 1 is 0.708 bits per heavy atom. The van der Waals surface area contributed by atoms with Gasteiger partial charge in [-0.2, -0.15) is 46.5 Å². The van der Waals surface area contributed by atoms with Crippen LogP contribution in [0.15, 0.2) is 36.4 Å². The zero-order valence-electron chi connectivity index (χ0n) is 17.5. The molecule has 0 nitrogen and oxygen atoms in total. The molecule has 2 rings (SSSR count). The molecule has 0 bridgehead atoms. The van der Waals surface area contributed by atoms with Crippen LogP contribution in [-0.2, 0) is 37.0 Å². The van der Waals surface area contributed by atoms with E-state index >= 15 is 0 Å². The zero-order valence-corrected chi connectivity index (χ0v) is 21.2. The van der Waals surface area contributed by atoms with E-state index in [0.717, 1.165) is 9.52 Å². The van der Waals surface area contributed by atoms with Crippen molar-refractivity contribution >= 4 is 9.52 Å². The molecule has 24 heavy (non-hydrogen) atoms. The van der Waals surface area contributed by atoms with Gasteiger partial charge in [0, 0.05) is 9.52 Å². The van der Waals surface area contributed by atoms with E-state index < -0.39 is 0 Å². The van der Waals surface area contributed by atoms with Crippen LogP contribution in [0.25, 0.3) is 0 Å². The monoisotopic (exact) mass is 419 g/mol. The summed E-state index contributed by atoms with van der Waals surface area (Å²) in [5.74, 6) is 0. The third-order valence-corrected chi connectivity index (χ3v) is 3.55. The van der Waals surface area contributed by atoms with E-state index in [9.17, 15) is 0 Å². The maximum Gasteiger partial charge on any atom is 2.00 e. The van der Waals surface area contributed by atoms with Crippen molar-refractivity contribution in [3.63, 3.8) is 0 Å². The molecule has 133 valence electrons. The van der Waals surface area contributed by atoms with Gasteiger partial charge in [0.05, 0.1) is 0 Å². The second kappa shape index (κ2) is 11.4. The van der Waals surface area contributed by atoms with Gasteiger partial charge in [0.15, 0.2) is 0 Å². The summed E-state index contributed by atoms with van der Waals surface area (Å²) in [5.41, 5.74) is 6.23. The topological polar surface area (TPSA) is 0 Å². The average Bonchev–Trinajstić information content (AvgIpc) is 2.98. The molecule has 0 aliphatic carbocycles. The first kappa shape index (κ1) is 26.0. The third kappa shape index (κ3) is 10.6. The Labute approximate surface area is 173 Å². The standard InChI is InChI=1S/2C10H15.C2H7Si.Zr/c2*1-8-5-6-9(7-8)10(2,3)4;1-3-2;/h2*5-7H,1-4H3;3H,1-2H3;/q2*-1;;+2. The predicted molar refractivity (Wildman–Crippen MR) is 110 cm³/mol. The minimum Gasteiger partial charge on any atom is -0.207 e. The Hall–Kier alpha value is -0.200. The van der Waals surface area contributed by atoms with Gasteiger partial charge in [0.25, 0.3) is 0 Å². The number of hydrogen-bond acceptors (Lipinski definition) is 0. The Kier molecular flexibility index (Phi) is 12.4. The van der Waals surface area contributed by atoms with E-state index in [1.165, 1.54) is 22.3 Å². The van der Waals surface area contributed by atoms with E-state index in [-0.39, 0.29) is 26.2 Å². The largest absolute Gasteiger partial charge is 2.00 e. The summed E-state index contributed by atoms with van der Waals surface area (Å²) in [7, 11) is 0.750. The van der Waals surface area contributed by atoms with Crippen molar-refractivity contribution in [1.29, 1.82) is 0 Å². The van der Waals surface area contributed by atoms with E-state index in [1.54, 1.807) is 0 Å². The molecular weight excluding hydrogens is 384 g/mol. The summed E-state index contributed by atoms with van der Waals surface area (Å²) in [6.07, 6.45) is 0. The molecule has 0 aromatic heterocycles. The van der Waals surface area contributed by atoms with Gasteiger partial charge in [0.1, 0.15) is 0 Å². The molecule has 0 N–H and O–H groups in total. The molecule has 0 saturated heterocycles. The Bertz CT molecular complexity index is 497. The predicted octanol–water partition coefficient (Wildman–Crippen LogP) is 6.54. The summed E-state index contributed by atoms with van der Waals surface area (Å²) in [5, 5.41) is 0. The molecule has 0 aliphatic heterocycles. The molecule has 2 aromatic carbocycles. The maximum absolute atomic E-state index is 2.25. The molecular formula is C22H37SiZr. The van der Waals surface area contributed by atoms with Gasteiger partial charge in [-0.05, 0) is 0 Å². The Morgan fingerprint density at radius 3 is 1.04 bits per heavy atom. The number of hydrogen-bond donors (Lipinski definition) is 0. The van der Waals surface area contributed by atoms with Gasteiger partial charge < -0.3 is 0 Å². The fraction of sp³-hybridized carbons (Fsp3) is 0.545. The number of rotatable bonds is 0. The SMILES string of the molecule is C[SiH]C.Cc1cc(C(C)(C)C)c[cH-]1.Cc1cc(C(C)(C)C)c[cH-]1.[Zr+2]. The molecule has 0 saturated carbocycles.